The van der Waals surface area contributed by atoms with Gasteiger partial charge in [0, 0.05) is 5.75 Å². The number of carbonyl (C=O) groups is 1. The average molecular weight is 270 g/mol. The van der Waals surface area contributed by atoms with Crippen molar-refractivity contribution in [3.05, 3.63) is 41.5 Å². The van der Waals surface area contributed by atoms with Crippen molar-refractivity contribution in [1.82, 2.24) is 9.36 Å². The van der Waals surface area contributed by atoms with Crippen molar-refractivity contribution in [3.8, 4) is 0 Å². The Labute approximate surface area is 105 Å². The first-order chi connectivity index (χ1) is 8.15. The fraction of sp³-hybridized carbons (Fsp3) is 0.100. The third-order valence-electron chi connectivity index (χ3n) is 1.91. The number of benzene rings is 1. The van der Waals surface area contributed by atoms with Gasteiger partial charge in [-0.15, -0.1) is 0 Å². The van der Waals surface area contributed by atoms with Gasteiger partial charge in [-0.3, -0.25) is 0 Å². The van der Waals surface area contributed by atoms with Crippen molar-refractivity contribution in [2.24, 2.45) is 0 Å². The van der Waals surface area contributed by atoms with E-state index >= 15 is 0 Å². The molecule has 0 unspecified atom stereocenters. The third kappa shape index (κ3) is 3.24. The molecule has 0 saturated carbocycles. The largest absolute Gasteiger partial charge is 0.478 e. The molecule has 0 atom stereocenters. The first kappa shape index (κ1) is 12.0. The summed E-state index contributed by atoms with van der Waals surface area (Å²) in [6.45, 7) is 0. The molecule has 0 radical (unpaired) electrons. The van der Waals surface area contributed by atoms with Gasteiger partial charge in [-0.2, -0.15) is 4.37 Å². The van der Waals surface area contributed by atoms with Crippen molar-refractivity contribution in [2.75, 3.05) is 0 Å². The molecule has 0 amide bonds. The summed E-state index contributed by atoms with van der Waals surface area (Å²) < 4.78 is 17.8. The number of carboxylic acids is 1. The number of rotatable bonds is 4. The van der Waals surface area contributed by atoms with Gasteiger partial charge in [0.1, 0.15) is 12.1 Å². The molecule has 1 N–H and O–H groups in total. The van der Waals surface area contributed by atoms with E-state index in [2.05, 4.69) is 9.36 Å². The van der Waals surface area contributed by atoms with E-state index < -0.39 is 11.8 Å². The number of aromatic nitrogens is 2. The second-order valence-corrected chi connectivity index (χ2v) is 5.15. The maximum Gasteiger partial charge on any atom is 0.335 e. The van der Waals surface area contributed by atoms with Crippen molar-refractivity contribution >= 4 is 29.3 Å². The molecule has 0 spiro atoms. The van der Waals surface area contributed by atoms with Crippen LogP contribution in [-0.4, -0.2) is 20.4 Å². The molecule has 0 saturated heterocycles. The fourth-order valence-corrected chi connectivity index (χ4v) is 2.60. The van der Waals surface area contributed by atoms with E-state index in [0.717, 1.165) is 10.4 Å². The molecule has 88 valence electrons. The lowest BCUT2D eigenvalue weighted by atomic mass is 10.1. The normalized spacial score (nSPS) is 10.4. The number of hydrogen-bond donors (Lipinski definition) is 1. The summed E-state index contributed by atoms with van der Waals surface area (Å²) in [4.78, 5) is 14.7. The molecule has 7 heteroatoms. The zero-order valence-corrected chi connectivity index (χ0v) is 10.1. The van der Waals surface area contributed by atoms with E-state index in [1.807, 2.05) is 0 Å². The lowest BCUT2D eigenvalue weighted by Crippen LogP contribution is -1.98. The van der Waals surface area contributed by atoms with Crippen molar-refractivity contribution in [1.29, 1.82) is 0 Å². The highest BCUT2D eigenvalue weighted by atomic mass is 32.2. The number of carboxylic acid groups (broad SMARTS) is 1. The Bertz CT molecular complexity index is 531. The lowest BCUT2D eigenvalue weighted by Gasteiger charge is -2.01. The van der Waals surface area contributed by atoms with Crippen LogP contribution in [0.4, 0.5) is 4.39 Å². The van der Waals surface area contributed by atoms with Crippen LogP contribution in [0.1, 0.15) is 15.9 Å². The molecule has 4 nitrogen and oxygen atoms in total. The Morgan fingerprint density at radius 3 is 2.94 bits per heavy atom. The Kier molecular flexibility index (Phi) is 3.70. The van der Waals surface area contributed by atoms with E-state index in [-0.39, 0.29) is 5.56 Å². The molecule has 1 aromatic carbocycles. The third-order valence-corrected chi connectivity index (χ3v) is 3.78. The Morgan fingerprint density at radius 1 is 1.47 bits per heavy atom. The molecule has 0 aliphatic rings. The SMILES string of the molecule is O=C(O)c1cc(F)cc(CSc2ncns2)c1. The smallest absolute Gasteiger partial charge is 0.335 e. The number of halogens is 1. The summed E-state index contributed by atoms with van der Waals surface area (Å²) in [5.74, 6) is -1.21. The van der Waals surface area contributed by atoms with Crippen molar-refractivity contribution in [3.63, 3.8) is 0 Å². The molecule has 17 heavy (non-hydrogen) atoms. The van der Waals surface area contributed by atoms with Crippen LogP contribution in [0.2, 0.25) is 0 Å². The lowest BCUT2D eigenvalue weighted by molar-refractivity contribution is 0.0696. The summed E-state index contributed by atoms with van der Waals surface area (Å²) in [5.41, 5.74) is 0.570. The van der Waals surface area contributed by atoms with Gasteiger partial charge >= 0.3 is 5.97 Å². The number of thioether (sulfide) groups is 1. The van der Waals surface area contributed by atoms with Gasteiger partial charge in [-0.25, -0.2) is 14.2 Å². The van der Waals surface area contributed by atoms with Crippen LogP contribution in [0.5, 0.6) is 0 Å². The number of hydrogen-bond acceptors (Lipinski definition) is 5. The molecular formula is C10H7FN2O2S2. The van der Waals surface area contributed by atoms with Crippen LogP contribution in [0.15, 0.2) is 28.9 Å². The molecule has 1 aromatic heterocycles. The molecule has 1 heterocycles. The van der Waals surface area contributed by atoms with Crippen LogP contribution < -0.4 is 0 Å². The minimum absolute atomic E-state index is 0.0436. The van der Waals surface area contributed by atoms with E-state index in [1.165, 1.54) is 41.8 Å². The molecule has 2 rings (SSSR count). The maximum atomic E-state index is 13.2. The standard InChI is InChI=1S/C10H7FN2O2S2/c11-8-2-6(1-7(3-8)9(14)15)4-16-10-12-5-13-17-10/h1-3,5H,4H2,(H,14,15). The molecular weight excluding hydrogens is 263 g/mol. The van der Waals surface area contributed by atoms with Crippen LogP contribution >= 0.6 is 23.3 Å². The first-order valence-corrected chi connectivity index (χ1v) is 6.33. The van der Waals surface area contributed by atoms with Gasteiger partial charge in [-0.05, 0) is 35.3 Å². The van der Waals surface area contributed by atoms with Crippen molar-refractivity contribution < 1.29 is 14.3 Å². The summed E-state index contributed by atoms with van der Waals surface area (Å²) in [6.07, 6.45) is 1.45. The minimum Gasteiger partial charge on any atom is -0.478 e. The van der Waals surface area contributed by atoms with Gasteiger partial charge < -0.3 is 5.11 Å². The summed E-state index contributed by atoms with van der Waals surface area (Å²) in [7, 11) is 0. The van der Waals surface area contributed by atoms with Gasteiger partial charge in [0.15, 0.2) is 4.34 Å². The average Bonchev–Trinajstić information content (AvgIpc) is 2.78. The maximum absolute atomic E-state index is 13.2. The second kappa shape index (κ2) is 5.24. The topological polar surface area (TPSA) is 63.1 Å². The summed E-state index contributed by atoms with van der Waals surface area (Å²) in [5, 5.41) is 8.79. The predicted molar refractivity (Wildman–Crippen MR) is 62.8 cm³/mol. The highest BCUT2D eigenvalue weighted by molar-refractivity contribution is 8.00. The van der Waals surface area contributed by atoms with E-state index in [4.69, 9.17) is 5.11 Å². The van der Waals surface area contributed by atoms with Gasteiger partial charge in [0.2, 0.25) is 0 Å². The Morgan fingerprint density at radius 2 is 2.29 bits per heavy atom. The van der Waals surface area contributed by atoms with Gasteiger partial charge in [0.25, 0.3) is 0 Å². The van der Waals surface area contributed by atoms with Crippen LogP contribution in [-0.2, 0) is 5.75 Å². The highest BCUT2D eigenvalue weighted by Gasteiger charge is 2.08. The molecule has 0 fully saturated rings. The molecule has 0 bridgehead atoms. The fourth-order valence-electron chi connectivity index (χ4n) is 1.23. The van der Waals surface area contributed by atoms with Crippen LogP contribution in [0, 0.1) is 5.82 Å². The summed E-state index contributed by atoms with van der Waals surface area (Å²) >= 11 is 2.64. The Hall–Kier alpha value is -1.47. The van der Waals surface area contributed by atoms with E-state index in [0.29, 0.717) is 11.3 Å². The zero-order valence-electron chi connectivity index (χ0n) is 8.46. The van der Waals surface area contributed by atoms with Crippen LogP contribution in [0.3, 0.4) is 0 Å². The van der Waals surface area contributed by atoms with Gasteiger partial charge in [0.05, 0.1) is 5.56 Å². The molecule has 0 aliphatic carbocycles. The van der Waals surface area contributed by atoms with Crippen LogP contribution in [0.25, 0.3) is 0 Å². The van der Waals surface area contributed by atoms with Gasteiger partial charge in [-0.1, -0.05) is 11.8 Å². The molecule has 0 aliphatic heterocycles. The predicted octanol–water partition coefficient (Wildman–Crippen LogP) is 2.67. The number of aromatic carboxylic acids is 1. The second-order valence-electron chi connectivity index (χ2n) is 3.15. The molecule has 2 aromatic rings. The number of nitrogens with zero attached hydrogens (tertiary/aromatic N) is 2. The minimum atomic E-state index is -1.13. The first-order valence-electron chi connectivity index (χ1n) is 4.57. The quantitative estimate of drug-likeness (QED) is 0.865. The van der Waals surface area contributed by atoms with E-state index in [1.54, 1.807) is 0 Å². The summed E-state index contributed by atoms with van der Waals surface area (Å²) in [6, 6.07) is 3.78. The van der Waals surface area contributed by atoms with E-state index in [9.17, 15) is 9.18 Å². The van der Waals surface area contributed by atoms with Crippen molar-refractivity contribution in [2.45, 2.75) is 10.1 Å². The zero-order chi connectivity index (χ0) is 12.3. The Balaban J connectivity index is 2.13. The monoisotopic (exact) mass is 270 g/mol. The highest BCUT2D eigenvalue weighted by Crippen LogP contribution is 2.24.